The number of amides is 1. The first kappa shape index (κ1) is 20.3. The lowest BCUT2D eigenvalue weighted by Gasteiger charge is -2.31. The van der Waals surface area contributed by atoms with Gasteiger partial charge in [-0.1, -0.05) is 23.4 Å². The molecule has 1 aromatic heterocycles. The molecule has 152 valence electrons. The Hall–Kier alpha value is -2.47. The summed E-state index contributed by atoms with van der Waals surface area (Å²) in [6, 6.07) is 8.67. The predicted molar refractivity (Wildman–Crippen MR) is 91.9 cm³/mol. The Balaban J connectivity index is 1.65. The van der Waals surface area contributed by atoms with Crippen LogP contribution in [0.2, 0.25) is 0 Å². The molecule has 0 spiro atoms. The van der Waals surface area contributed by atoms with E-state index in [1.165, 1.54) is 8.99 Å². The van der Waals surface area contributed by atoms with Gasteiger partial charge < -0.3 is 5.32 Å². The summed E-state index contributed by atoms with van der Waals surface area (Å²) in [6.07, 6.45) is -3.08. The average Bonchev–Trinajstić information content (AvgIpc) is 3.17. The van der Waals surface area contributed by atoms with Gasteiger partial charge in [0, 0.05) is 19.6 Å². The molecule has 2 aromatic rings. The van der Waals surface area contributed by atoms with E-state index in [9.17, 15) is 26.4 Å². The van der Waals surface area contributed by atoms with E-state index in [1.807, 2.05) is 5.32 Å². The average molecular weight is 417 g/mol. The topological polar surface area (TPSA) is 97.2 Å². The fourth-order valence-electron chi connectivity index (χ4n) is 2.97. The third kappa shape index (κ3) is 4.33. The monoisotopic (exact) mass is 417 g/mol. The number of nitrogens with zero attached hydrogens (tertiary/aromatic N) is 4. The lowest BCUT2D eigenvalue weighted by atomic mass is 9.98. The fraction of sp³-hybridized carbons (Fsp3) is 0.438. The maximum Gasteiger partial charge on any atom is 0.471 e. The van der Waals surface area contributed by atoms with Gasteiger partial charge >= 0.3 is 12.1 Å². The Morgan fingerprint density at radius 1 is 1.18 bits per heavy atom. The maximum atomic E-state index is 13.0. The fourth-order valence-corrected chi connectivity index (χ4v) is 4.47. The molecule has 0 unspecified atom stereocenters. The van der Waals surface area contributed by atoms with Crippen LogP contribution in [0.1, 0.15) is 12.8 Å². The summed E-state index contributed by atoms with van der Waals surface area (Å²) in [5.74, 6) is -2.21. The highest BCUT2D eigenvalue weighted by Crippen LogP contribution is 2.25. The molecule has 28 heavy (non-hydrogen) atoms. The Morgan fingerprint density at radius 2 is 1.82 bits per heavy atom. The van der Waals surface area contributed by atoms with E-state index in [0.717, 1.165) is 6.20 Å². The molecular weight excluding hydrogens is 399 g/mol. The number of nitrogens with one attached hydrogen (secondary N) is 1. The standard InChI is InChI=1S/C16H18F3N5O3S/c17-16(18,19)15(25)20-10-12-6-8-23(9-7-12)28(26,27)14-11-21-22-24(14)13-4-2-1-3-5-13/h1-5,11-12H,6-10H2,(H,20,25). The highest BCUT2D eigenvalue weighted by Gasteiger charge is 2.39. The summed E-state index contributed by atoms with van der Waals surface area (Å²) in [5, 5.41) is 9.31. The summed E-state index contributed by atoms with van der Waals surface area (Å²) in [6.45, 7) is 0.124. The van der Waals surface area contributed by atoms with Crippen LogP contribution in [0.4, 0.5) is 13.2 Å². The molecule has 1 N–H and O–H groups in total. The van der Waals surface area contributed by atoms with E-state index in [-0.39, 0.29) is 30.6 Å². The van der Waals surface area contributed by atoms with Gasteiger partial charge in [0.15, 0.2) is 5.03 Å². The SMILES string of the molecule is O=C(NCC1CCN(S(=O)(=O)c2cnnn2-c2ccccc2)CC1)C(F)(F)F. The summed E-state index contributed by atoms with van der Waals surface area (Å²) in [4.78, 5) is 10.9. The molecule has 1 aliphatic heterocycles. The van der Waals surface area contributed by atoms with Crippen molar-refractivity contribution in [2.45, 2.75) is 24.0 Å². The first-order chi connectivity index (χ1) is 13.2. The molecule has 0 bridgehead atoms. The summed E-state index contributed by atoms with van der Waals surface area (Å²) >= 11 is 0. The van der Waals surface area contributed by atoms with Gasteiger partial charge in [0.1, 0.15) is 0 Å². The van der Waals surface area contributed by atoms with E-state index in [0.29, 0.717) is 18.5 Å². The van der Waals surface area contributed by atoms with Crippen LogP contribution < -0.4 is 5.32 Å². The van der Waals surface area contributed by atoms with Gasteiger partial charge in [0.05, 0.1) is 11.9 Å². The van der Waals surface area contributed by atoms with Crippen molar-refractivity contribution in [1.82, 2.24) is 24.6 Å². The van der Waals surface area contributed by atoms with Crippen LogP contribution in [-0.2, 0) is 14.8 Å². The molecule has 3 rings (SSSR count). The zero-order chi connectivity index (χ0) is 20.4. The highest BCUT2D eigenvalue weighted by molar-refractivity contribution is 7.89. The van der Waals surface area contributed by atoms with Gasteiger partial charge in [-0.25, -0.2) is 13.1 Å². The second kappa shape index (κ2) is 7.87. The number of carbonyl (C=O) groups is 1. The molecule has 0 saturated carbocycles. The molecule has 1 saturated heterocycles. The number of sulfonamides is 1. The van der Waals surface area contributed by atoms with Crippen LogP contribution in [0.15, 0.2) is 41.6 Å². The number of para-hydroxylation sites is 1. The minimum absolute atomic E-state index is 0.0810. The first-order valence-electron chi connectivity index (χ1n) is 8.51. The van der Waals surface area contributed by atoms with Crippen LogP contribution in [0.3, 0.4) is 0 Å². The normalized spacial score (nSPS) is 16.8. The number of aromatic nitrogens is 3. The summed E-state index contributed by atoms with van der Waals surface area (Å²) in [7, 11) is -3.87. The van der Waals surface area contributed by atoms with Crippen molar-refractivity contribution in [2.24, 2.45) is 5.92 Å². The predicted octanol–water partition coefficient (Wildman–Crippen LogP) is 1.35. The number of carbonyl (C=O) groups excluding carboxylic acids is 1. The van der Waals surface area contributed by atoms with Gasteiger partial charge in [-0.3, -0.25) is 4.79 Å². The molecule has 12 heteroatoms. The molecule has 1 aliphatic rings. The molecular formula is C16H18F3N5O3S. The largest absolute Gasteiger partial charge is 0.471 e. The Kier molecular flexibility index (Phi) is 5.70. The Bertz CT molecular complexity index is 923. The van der Waals surface area contributed by atoms with Crippen molar-refractivity contribution in [1.29, 1.82) is 0 Å². The Morgan fingerprint density at radius 3 is 2.43 bits per heavy atom. The van der Waals surface area contributed by atoms with Gasteiger partial charge in [-0.2, -0.15) is 17.5 Å². The molecule has 8 nitrogen and oxygen atoms in total. The van der Waals surface area contributed by atoms with Crippen molar-refractivity contribution in [2.75, 3.05) is 19.6 Å². The number of rotatable bonds is 5. The van der Waals surface area contributed by atoms with Crippen molar-refractivity contribution in [3.05, 3.63) is 36.5 Å². The zero-order valence-corrected chi connectivity index (χ0v) is 15.4. The molecule has 1 amide bonds. The van der Waals surface area contributed by atoms with Crippen LogP contribution in [0.5, 0.6) is 0 Å². The second-order valence-corrected chi connectivity index (χ2v) is 8.26. The quantitative estimate of drug-likeness (QED) is 0.792. The first-order valence-corrected chi connectivity index (χ1v) is 9.95. The number of alkyl halides is 3. The van der Waals surface area contributed by atoms with Crippen molar-refractivity contribution in [3.63, 3.8) is 0 Å². The minimum atomic E-state index is -4.92. The minimum Gasteiger partial charge on any atom is -0.348 e. The highest BCUT2D eigenvalue weighted by atomic mass is 32.2. The van der Waals surface area contributed by atoms with Crippen LogP contribution in [-0.4, -0.2) is 59.4 Å². The van der Waals surface area contributed by atoms with E-state index in [2.05, 4.69) is 10.3 Å². The molecule has 0 atom stereocenters. The molecule has 2 heterocycles. The van der Waals surface area contributed by atoms with E-state index in [4.69, 9.17) is 0 Å². The number of piperidine rings is 1. The number of hydrogen-bond donors (Lipinski definition) is 1. The number of hydrogen-bond acceptors (Lipinski definition) is 5. The maximum absolute atomic E-state index is 13.0. The van der Waals surface area contributed by atoms with Crippen LogP contribution in [0, 0.1) is 5.92 Å². The molecule has 1 fully saturated rings. The lowest BCUT2D eigenvalue weighted by Crippen LogP contribution is -2.44. The van der Waals surface area contributed by atoms with Crippen molar-refractivity contribution < 1.29 is 26.4 Å². The smallest absolute Gasteiger partial charge is 0.348 e. The second-order valence-electron chi connectivity index (χ2n) is 6.37. The Labute approximate surface area is 159 Å². The van der Waals surface area contributed by atoms with E-state index in [1.54, 1.807) is 30.3 Å². The van der Waals surface area contributed by atoms with E-state index < -0.39 is 22.1 Å². The lowest BCUT2D eigenvalue weighted by molar-refractivity contribution is -0.173. The van der Waals surface area contributed by atoms with Crippen LogP contribution >= 0.6 is 0 Å². The van der Waals surface area contributed by atoms with Gasteiger partial charge in [0.2, 0.25) is 0 Å². The van der Waals surface area contributed by atoms with Gasteiger partial charge in [-0.15, -0.1) is 5.10 Å². The van der Waals surface area contributed by atoms with Crippen molar-refractivity contribution >= 4 is 15.9 Å². The van der Waals surface area contributed by atoms with Crippen LogP contribution in [0.25, 0.3) is 5.69 Å². The zero-order valence-electron chi connectivity index (χ0n) is 14.6. The number of benzene rings is 1. The summed E-state index contributed by atoms with van der Waals surface area (Å²) in [5.41, 5.74) is 0.545. The van der Waals surface area contributed by atoms with Gasteiger partial charge in [0.25, 0.3) is 10.0 Å². The van der Waals surface area contributed by atoms with E-state index >= 15 is 0 Å². The third-order valence-electron chi connectivity index (χ3n) is 4.51. The summed E-state index contributed by atoms with van der Waals surface area (Å²) < 4.78 is 65.1. The van der Waals surface area contributed by atoms with Gasteiger partial charge in [-0.05, 0) is 30.9 Å². The van der Waals surface area contributed by atoms with Crippen molar-refractivity contribution in [3.8, 4) is 5.69 Å². The molecule has 1 aromatic carbocycles. The molecule has 0 aliphatic carbocycles. The molecule has 0 radical (unpaired) electrons. The third-order valence-corrected chi connectivity index (χ3v) is 6.36. The number of halogens is 3.